The molecule has 0 saturated carbocycles. The summed E-state index contributed by atoms with van der Waals surface area (Å²) in [6, 6.07) is 12.7. The highest BCUT2D eigenvalue weighted by atomic mass is 16.5. The van der Waals surface area contributed by atoms with Crippen LogP contribution in [0.4, 0.5) is 0 Å². The average molecular weight is 282 g/mol. The van der Waals surface area contributed by atoms with Crippen molar-refractivity contribution < 1.29 is 4.74 Å². The van der Waals surface area contributed by atoms with E-state index in [4.69, 9.17) is 4.74 Å². The van der Waals surface area contributed by atoms with E-state index in [1.54, 1.807) is 7.11 Å². The van der Waals surface area contributed by atoms with E-state index in [-0.39, 0.29) is 0 Å². The number of pyridine rings is 1. The molecule has 3 nitrogen and oxygen atoms in total. The summed E-state index contributed by atoms with van der Waals surface area (Å²) in [7, 11) is 1.71. The van der Waals surface area contributed by atoms with Crippen molar-refractivity contribution in [1.29, 1.82) is 0 Å². The van der Waals surface area contributed by atoms with E-state index in [9.17, 15) is 0 Å². The minimum atomic E-state index is 0.764. The largest absolute Gasteiger partial charge is 0.497 e. The topological polar surface area (TPSA) is 25.4 Å². The Morgan fingerprint density at radius 1 is 1.10 bits per heavy atom. The molecule has 1 saturated heterocycles. The first-order valence-corrected chi connectivity index (χ1v) is 7.57. The van der Waals surface area contributed by atoms with Gasteiger partial charge in [-0.1, -0.05) is 12.1 Å². The maximum atomic E-state index is 5.21. The molecule has 1 unspecified atom stereocenters. The third-order valence-corrected chi connectivity index (χ3v) is 4.21. The second-order valence-electron chi connectivity index (χ2n) is 5.80. The molecule has 1 atom stereocenters. The van der Waals surface area contributed by atoms with Gasteiger partial charge < -0.3 is 4.74 Å². The highest BCUT2D eigenvalue weighted by Crippen LogP contribution is 2.23. The van der Waals surface area contributed by atoms with Crippen molar-refractivity contribution in [3.05, 3.63) is 59.9 Å². The first kappa shape index (κ1) is 14.1. The maximum Gasteiger partial charge on any atom is 0.118 e. The smallest absolute Gasteiger partial charge is 0.118 e. The number of methoxy groups -OCH3 is 1. The Bertz CT molecular complexity index is 553. The minimum Gasteiger partial charge on any atom is -0.497 e. The highest BCUT2D eigenvalue weighted by Gasteiger charge is 2.22. The van der Waals surface area contributed by atoms with Gasteiger partial charge in [-0.2, -0.15) is 0 Å². The van der Waals surface area contributed by atoms with Crippen molar-refractivity contribution in [3.63, 3.8) is 0 Å². The molecule has 0 spiro atoms. The molecule has 1 aromatic carbocycles. The highest BCUT2D eigenvalue weighted by molar-refractivity contribution is 5.27. The summed E-state index contributed by atoms with van der Waals surface area (Å²) < 4.78 is 5.21. The van der Waals surface area contributed by atoms with Crippen molar-refractivity contribution in [2.45, 2.75) is 19.4 Å². The van der Waals surface area contributed by atoms with E-state index in [1.165, 1.54) is 30.6 Å². The monoisotopic (exact) mass is 282 g/mol. The molecule has 3 rings (SSSR count). The zero-order valence-electron chi connectivity index (χ0n) is 12.5. The first-order valence-electron chi connectivity index (χ1n) is 7.57. The van der Waals surface area contributed by atoms with Crippen LogP contribution in [0.3, 0.4) is 0 Å². The summed E-state index contributed by atoms with van der Waals surface area (Å²) in [5.41, 5.74) is 2.77. The van der Waals surface area contributed by atoms with Crippen LogP contribution >= 0.6 is 0 Å². The quantitative estimate of drug-likeness (QED) is 0.842. The number of nitrogens with zero attached hydrogens (tertiary/aromatic N) is 2. The lowest BCUT2D eigenvalue weighted by atomic mass is 9.99. The van der Waals surface area contributed by atoms with Gasteiger partial charge in [0.15, 0.2) is 0 Å². The third-order valence-electron chi connectivity index (χ3n) is 4.21. The fraction of sp³-hybridized carbons (Fsp3) is 0.389. The molecule has 0 aliphatic carbocycles. The Labute approximate surface area is 126 Å². The van der Waals surface area contributed by atoms with Crippen LogP contribution in [-0.2, 0) is 13.0 Å². The normalized spacial score (nSPS) is 18.8. The van der Waals surface area contributed by atoms with E-state index in [0.29, 0.717) is 0 Å². The number of likely N-dealkylation sites (tertiary alicyclic amines) is 1. The van der Waals surface area contributed by atoms with Crippen molar-refractivity contribution in [2.75, 3.05) is 20.2 Å². The first-order chi connectivity index (χ1) is 10.3. The minimum absolute atomic E-state index is 0.764. The molecule has 0 amide bonds. The summed E-state index contributed by atoms with van der Waals surface area (Å²) >= 11 is 0. The Morgan fingerprint density at radius 2 is 1.86 bits per heavy atom. The molecule has 0 N–H and O–H groups in total. The van der Waals surface area contributed by atoms with Crippen LogP contribution < -0.4 is 4.74 Å². The van der Waals surface area contributed by atoms with Gasteiger partial charge in [-0.05, 0) is 60.7 Å². The van der Waals surface area contributed by atoms with E-state index >= 15 is 0 Å². The average Bonchev–Trinajstić information content (AvgIpc) is 2.96. The number of benzene rings is 1. The van der Waals surface area contributed by atoms with Gasteiger partial charge >= 0.3 is 0 Å². The molecule has 0 bridgehead atoms. The molecule has 0 radical (unpaired) electrons. The van der Waals surface area contributed by atoms with Crippen LogP contribution in [-0.4, -0.2) is 30.1 Å². The second-order valence-corrected chi connectivity index (χ2v) is 5.80. The molecule has 3 heteroatoms. The zero-order valence-corrected chi connectivity index (χ0v) is 12.5. The van der Waals surface area contributed by atoms with E-state index in [0.717, 1.165) is 24.6 Å². The fourth-order valence-corrected chi connectivity index (χ4v) is 3.06. The van der Waals surface area contributed by atoms with Crippen LogP contribution in [0.2, 0.25) is 0 Å². The van der Waals surface area contributed by atoms with Crippen LogP contribution in [0.5, 0.6) is 5.75 Å². The molecule has 2 aromatic rings. The number of aromatic nitrogens is 1. The van der Waals surface area contributed by atoms with Gasteiger partial charge in [0, 0.05) is 25.5 Å². The predicted octanol–water partition coefficient (Wildman–Crippen LogP) is 3.15. The molecule has 110 valence electrons. The number of hydrogen-bond donors (Lipinski definition) is 0. The molecule has 1 aromatic heterocycles. The third kappa shape index (κ3) is 3.82. The van der Waals surface area contributed by atoms with E-state index in [1.807, 2.05) is 12.4 Å². The van der Waals surface area contributed by atoms with E-state index in [2.05, 4.69) is 46.3 Å². The number of rotatable bonds is 5. The Morgan fingerprint density at radius 3 is 2.57 bits per heavy atom. The van der Waals surface area contributed by atoms with Crippen LogP contribution in [0.1, 0.15) is 17.5 Å². The van der Waals surface area contributed by atoms with Gasteiger partial charge in [-0.25, -0.2) is 0 Å². The van der Waals surface area contributed by atoms with Crippen molar-refractivity contribution in [3.8, 4) is 5.75 Å². The molecule has 1 fully saturated rings. The summed E-state index contributed by atoms with van der Waals surface area (Å²) in [5, 5.41) is 0. The van der Waals surface area contributed by atoms with Crippen LogP contribution in [0.15, 0.2) is 48.8 Å². The standard InChI is InChI=1S/C18H22N2O/c1-21-18-4-2-15(3-5-18)12-17-8-11-20(14-17)13-16-6-9-19-10-7-16/h2-7,9-10,17H,8,11-14H2,1H3. The summed E-state index contributed by atoms with van der Waals surface area (Å²) in [6.07, 6.45) is 6.20. The molecule has 1 aliphatic heterocycles. The van der Waals surface area contributed by atoms with Crippen molar-refractivity contribution >= 4 is 0 Å². The summed E-state index contributed by atoms with van der Waals surface area (Å²) in [5.74, 6) is 1.70. The van der Waals surface area contributed by atoms with Crippen LogP contribution in [0, 0.1) is 5.92 Å². The SMILES string of the molecule is COc1ccc(CC2CCN(Cc3ccncc3)C2)cc1. The van der Waals surface area contributed by atoms with Gasteiger partial charge in [0.2, 0.25) is 0 Å². The summed E-state index contributed by atoms with van der Waals surface area (Å²) in [4.78, 5) is 6.62. The Kier molecular flexibility index (Phi) is 4.51. The van der Waals surface area contributed by atoms with Gasteiger partial charge in [0.1, 0.15) is 5.75 Å². The Hall–Kier alpha value is -1.87. The van der Waals surface area contributed by atoms with Gasteiger partial charge in [-0.3, -0.25) is 9.88 Å². The fourth-order valence-electron chi connectivity index (χ4n) is 3.06. The molecule has 2 heterocycles. The van der Waals surface area contributed by atoms with E-state index < -0.39 is 0 Å². The molecular weight excluding hydrogens is 260 g/mol. The second kappa shape index (κ2) is 6.72. The van der Waals surface area contributed by atoms with Crippen LogP contribution in [0.25, 0.3) is 0 Å². The molecule has 1 aliphatic rings. The zero-order chi connectivity index (χ0) is 14.5. The molecule has 21 heavy (non-hydrogen) atoms. The maximum absolute atomic E-state index is 5.21. The summed E-state index contributed by atoms with van der Waals surface area (Å²) in [6.45, 7) is 3.43. The Balaban J connectivity index is 1.52. The van der Waals surface area contributed by atoms with Crippen molar-refractivity contribution in [2.24, 2.45) is 5.92 Å². The van der Waals surface area contributed by atoms with Gasteiger partial charge in [0.05, 0.1) is 7.11 Å². The predicted molar refractivity (Wildman–Crippen MR) is 84.3 cm³/mol. The van der Waals surface area contributed by atoms with Gasteiger partial charge in [0.25, 0.3) is 0 Å². The lowest BCUT2D eigenvalue weighted by Crippen LogP contribution is -2.20. The molecular formula is C18H22N2O. The lowest BCUT2D eigenvalue weighted by molar-refractivity contribution is 0.316. The van der Waals surface area contributed by atoms with Crippen molar-refractivity contribution in [1.82, 2.24) is 9.88 Å². The number of hydrogen-bond acceptors (Lipinski definition) is 3. The van der Waals surface area contributed by atoms with Gasteiger partial charge in [-0.15, -0.1) is 0 Å². The lowest BCUT2D eigenvalue weighted by Gasteiger charge is -2.16. The number of ether oxygens (including phenoxy) is 1.